The highest BCUT2D eigenvalue weighted by atomic mass is 19.1. The molecule has 7 heteroatoms. The van der Waals surface area contributed by atoms with Crippen LogP contribution in [0, 0.1) is 15.5 Å². The summed E-state index contributed by atoms with van der Waals surface area (Å²) < 4.78 is 11.3. The van der Waals surface area contributed by atoms with Gasteiger partial charge in [-0.1, -0.05) is 5.43 Å². The zero-order chi connectivity index (χ0) is 7.98. The second-order valence-corrected chi connectivity index (χ2v) is 1.36. The van der Waals surface area contributed by atoms with E-state index in [0.29, 0.717) is 0 Å². The molecular formula is C3H7FN4O2. The number of alkyl halides is 1. The van der Waals surface area contributed by atoms with Gasteiger partial charge in [-0.15, -0.1) is 0 Å². The van der Waals surface area contributed by atoms with Gasteiger partial charge < -0.3 is 5.32 Å². The highest BCUT2D eigenvalue weighted by molar-refractivity contribution is 5.74. The van der Waals surface area contributed by atoms with Crippen molar-refractivity contribution in [1.82, 2.24) is 10.7 Å². The third-order valence-corrected chi connectivity index (χ3v) is 0.599. The first kappa shape index (κ1) is 8.60. The Morgan fingerprint density at radius 3 is 2.80 bits per heavy atom. The van der Waals surface area contributed by atoms with Crippen LogP contribution in [-0.4, -0.2) is 24.2 Å². The molecule has 0 aromatic rings. The van der Waals surface area contributed by atoms with Crippen molar-refractivity contribution in [2.24, 2.45) is 0 Å². The van der Waals surface area contributed by atoms with Crippen molar-refractivity contribution in [3.05, 3.63) is 10.1 Å². The number of hydrogen-bond acceptors (Lipinski definition) is 3. The van der Waals surface area contributed by atoms with Crippen LogP contribution in [-0.2, 0) is 0 Å². The number of rotatable bonds is 3. The van der Waals surface area contributed by atoms with Crippen molar-refractivity contribution in [2.45, 2.75) is 0 Å². The Bertz CT molecular complexity index is 138. The first-order valence-corrected chi connectivity index (χ1v) is 2.46. The number of halogens is 1. The number of nitro groups is 1. The van der Waals surface area contributed by atoms with Crippen LogP contribution in [0.2, 0.25) is 0 Å². The van der Waals surface area contributed by atoms with Gasteiger partial charge in [-0.3, -0.25) is 5.41 Å². The van der Waals surface area contributed by atoms with Crippen molar-refractivity contribution < 1.29 is 9.42 Å². The first-order valence-electron chi connectivity index (χ1n) is 2.46. The largest absolute Gasteiger partial charge is 0.349 e. The molecule has 0 aliphatic heterocycles. The molecule has 3 N–H and O–H groups in total. The maximum Gasteiger partial charge on any atom is 0.251 e. The summed E-state index contributed by atoms with van der Waals surface area (Å²) in [6.45, 7) is -0.762. The molecule has 0 saturated carbocycles. The summed E-state index contributed by atoms with van der Waals surface area (Å²) in [5, 5.41) is 17.5. The number of hydrogen-bond donors (Lipinski definition) is 3. The smallest absolute Gasteiger partial charge is 0.251 e. The maximum atomic E-state index is 11.3. The molecule has 0 spiro atoms. The molecule has 0 amide bonds. The molecule has 10 heavy (non-hydrogen) atoms. The molecule has 0 aromatic heterocycles. The minimum atomic E-state index is -0.895. The molecule has 58 valence electrons. The van der Waals surface area contributed by atoms with E-state index in [-0.39, 0.29) is 6.54 Å². The highest BCUT2D eigenvalue weighted by Crippen LogP contribution is 1.64. The van der Waals surface area contributed by atoms with E-state index >= 15 is 0 Å². The van der Waals surface area contributed by atoms with Crippen LogP contribution in [0.3, 0.4) is 0 Å². The monoisotopic (exact) mass is 150 g/mol. The minimum absolute atomic E-state index is 0.0975. The van der Waals surface area contributed by atoms with E-state index in [9.17, 15) is 14.5 Å². The lowest BCUT2D eigenvalue weighted by atomic mass is 10.7. The van der Waals surface area contributed by atoms with Crippen LogP contribution in [0.5, 0.6) is 0 Å². The quantitative estimate of drug-likeness (QED) is 0.214. The van der Waals surface area contributed by atoms with Gasteiger partial charge in [0.15, 0.2) is 5.03 Å². The lowest BCUT2D eigenvalue weighted by molar-refractivity contribution is -0.525. The number of hydrazine groups is 1. The fourth-order valence-electron chi connectivity index (χ4n) is 0.303. The Labute approximate surface area is 56.0 Å². The van der Waals surface area contributed by atoms with Crippen LogP contribution in [0.25, 0.3) is 0 Å². The lowest BCUT2D eigenvalue weighted by Gasteiger charge is -1.99. The van der Waals surface area contributed by atoms with Gasteiger partial charge in [0, 0.05) is 6.54 Å². The fraction of sp³-hybridized carbons (Fsp3) is 0.667. The molecule has 0 saturated heterocycles. The molecular weight excluding hydrogens is 143 g/mol. The van der Waals surface area contributed by atoms with Crippen molar-refractivity contribution in [3.8, 4) is 0 Å². The SMILES string of the molecule is N=C(NCCF)N[N+](=O)[O-]. The third-order valence-electron chi connectivity index (χ3n) is 0.599. The molecule has 0 aliphatic rings. The first-order chi connectivity index (χ1) is 4.66. The van der Waals surface area contributed by atoms with Crippen LogP contribution >= 0.6 is 0 Å². The molecule has 0 bridgehead atoms. The van der Waals surface area contributed by atoms with Crippen LogP contribution < -0.4 is 10.7 Å². The highest BCUT2D eigenvalue weighted by Gasteiger charge is 1.99. The van der Waals surface area contributed by atoms with Gasteiger partial charge in [0.1, 0.15) is 6.67 Å². The number of nitrogens with one attached hydrogen (secondary N) is 3. The van der Waals surface area contributed by atoms with Gasteiger partial charge in [-0.25, -0.2) is 14.5 Å². The van der Waals surface area contributed by atoms with Crippen molar-refractivity contribution in [1.29, 1.82) is 5.41 Å². The predicted molar refractivity (Wildman–Crippen MR) is 31.8 cm³/mol. The molecule has 0 fully saturated rings. The van der Waals surface area contributed by atoms with Gasteiger partial charge in [0.25, 0.3) is 5.96 Å². The molecule has 0 rings (SSSR count). The second kappa shape index (κ2) is 4.48. The summed E-state index contributed by atoms with van der Waals surface area (Å²) in [6, 6.07) is 0. The lowest BCUT2D eigenvalue weighted by Crippen LogP contribution is -2.40. The van der Waals surface area contributed by atoms with E-state index in [1.165, 1.54) is 5.43 Å². The zero-order valence-electron chi connectivity index (χ0n) is 5.06. The van der Waals surface area contributed by atoms with E-state index in [0.717, 1.165) is 0 Å². The maximum absolute atomic E-state index is 11.3. The average molecular weight is 150 g/mol. The summed E-state index contributed by atoms with van der Waals surface area (Å²) in [6.07, 6.45) is 0. The molecule has 6 nitrogen and oxygen atoms in total. The summed E-state index contributed by atoms with van der Waals surface area (Å²) in [4.78, 5) is 9.59. The molecule has 0 atom stereocenters. The van der Waals surface area contributed by atoms with E-state index in [1.54, 1.807) is 0 Å². The molecule has 0 radical (unpaired) electrons. The van der Waals surface area contributed by atoms with Crippen molar-refractivity contribution in [2.75, 3.05) is 13.2 Å². The van der Waals surface area contributed by atoms with Crippen molar-refractivity contribution >= 4 is 5.96 Å². The standard InChI is InChI=1S/C3H7FN4O2/c4-1-2-6-3(5)7-8(9)10/h1-2H2,(H3,5,6,7). The molecule has 0 unspecified atom stereocenters. The second-order valence-electron chi connectivity index (χ2n) is 1.36. The fourth-order valence-corrected chi connectivity index (χ4v) is 0.303. The predicted octanol–water partition coefficient (Wildman–Crippen LogP) is -0.738. The van der Waals surface area contributed by atoms with Gasteiger partial charge in [0.2, 0.25) is 0 Å². The summed E-state index contributed by atoms with van der Waals surface area (Å²) in [5.41, 5.74) is 1.51. The van der Waals surface area contributed by atoms with Gasteiger partial charge in [-0.2, -0.15) is 0 Å². The van der Waals surface area contributed by atoms with E-state index in [4.69, 9.17) is 5.41 Å². The minimum Gasteiger partial charge on any atom is -0.349 e. The Morgan fingerprint density at radius 1 is 1.80 bits per heavy atom. The average Bonchev–Trinajstić information content (AvgIpc) is 1.82. The van der Waals surface area contributed by atoms with Crippen LogP contribution in [0.1, 0.15) is 0 Å². The summed E-state index contributed by atoms with van der Waals surface area (Å²) >= 11 is 0. The molecule has 0 heterocycles. The van der Waals surface area contributed by atoms with Crippen LogP contribution in [0.15, 0.2) is 0 Å². The van der Waals surface area contributed by atoms with E-state index in [1.807, 2.05) is 0 Å². The normalized spacial score (nSPS) is 8.50. The van der Waals surface area contributed by atoms with Gasteiger partial charge in [0.05, 0.1) is 0 Å². The zero-order valence-corrected chi connectivity index (χ0v) is 5.06. The van der Waals surface area contributed by atoms with Crippen LogP contribution in [0.4, 0.5) is 4.39 Å². The topological polar surface area (TPSA) is 91.1 Å². The summed E-state index contributed by atoms with van der Waals surface area (Å²) in [5.74, 6) is -0.511. The van der Waals surface area contributed by atoms with Gasteiger partial charge in [-0.05, 0) is 0 Å². The Kier molecular flexibility index (Phi) is 3.85. The Hall–Kier alpha value is -1.40. The van der Waals surface area contributed by atoms with Crippen molar-refractivity contribution in [3.63, 3.8) is 0 Å². The molecule has 0 aromatic carbocycles. The number of guanidine groups is 1. The summed E-state index contributed by atoms with van der Waals surface area (Å²) in [7, 11) is 0. The Balaban J connectivity index is 3.35. The third kappa shape index (κ3) is 4.75. The van der Waals surface area contributed by atoms with Gasteiger partial charge >= 0.3 is 0 Å². The number of nitrogens with zero attached hydrogens (tertiary/aromatic N) is 1. The Morgan fingerprint density at radius 2 is 2.40 bits per heavy atom. The molecule has 0 aliphatic carbocycles. The van der Waals surface area contributed by atoms with E-state index < -0.39 is 17.7 Å². The van der Waals surface area contributed by atoms with E-state index in [2.05, 4.69) is 5.32 Å².